The lowest BCUT2D eigenvalue weighted by atomic mass is 10.3. The van der Waals surface area contributed by atoms with Crippen LogP contribution in [-0.4, -0.2) is 9.97 Å². The maximum Gasteiger partial charge on any atom is 0.171 e. The lowest BCUT2D eigenvalue weighted by molar-refractivity contribution is 1.08. The average Bonchev–Trinajstić information content (AvgIpc) is 2.75. The molecule has 3 nitrogen and oxygen atoms in total. The summed E-state index contributed by atoms with van der Waals surface area (Å²) in [4.78, 5) is 8.67. The predicted molar refractivity (Wildman–Crippen MR) is 81.1 cm³/mol. The Labute approximate surface area is 124 Å². The molecule has 0 saturated heterocycles. The van der Waals surface area contributed by atoms with E-state index in [1.807, 2.05) is 30.3 Å². The van der Waals surface area contributed by atoms with Crippen LogP contribution >= 0.6 is 35.0 Å². The van der Waals surface area contributed by atoms with Crippen molar-refractivity contribution < 1.29 is 0 Å². The van der Waals surface area contributed by atoms with E-state index in [1.54, 1.807) is 6.07 Å². The van der Waals surface area contributed by atoms with Crippen LogP contribution in [0.15, 0.2) is 46.5 Å². The van der Waals surface area contributed by atoms with Gasteiger partial charge in [-0.25, -0.2) is 4.98 Å². The number of nitrogens with two attached hydrogens (primary N) is 1. The fourth-order valence-electron chi connectivity index (χ4n) is 1.70. The fraction of sp³-hybridized carbons (Fsp3) is 0. The predicted octanol–water partition coefficient (Wildman–Crippen LogP) is 4.60. The summed E-state index contributed by atoms with van der Waals surface area (Å²) in [5, 5.41) is 1.87. The van der Waals surface area contributed by atoms with E-state index >= 15 is 0 Å². The van der Waals surface area contributed by atoms with Gasteiger partial charge >= 0.3 is 0 Å². The molecular weight excluding hydrogens is 301 g/mol. The summed E-state index contributed by atoms with van der Waals surface area (Å²) in [5.74, 6) is 0. The Kier molecular flexibility index (Phi) is 3.31. The Morgan fingerprint density at radius 3 is 2.68 bits per heavy atom. The van der Waals surface area contributed by atoms with Crippen LogP contribution in [0.4, 0.5) is 5.69 Å². The summed E-state index contributed by atoms with van der Waals surface area (Å²) in [5.41, 5.74) is 8.25. The molecule has 96 valence electrons. The number of aromatic amines is 1. The van der Waals surface area contributed by atoms with Gasteiger partial charge in [-0.3, -0.25) is 0 Å². The zero-order valence-corrected chi connectivity index (χ0v) is 12.0. The highest BCUT2D eigenvalue weighted by molar-refractivity contribution is 7.99. The molecule has 19 heavy (non-hydrogen) atoms. The van der Waals surface area contributed by atoms with Gasteiger partial charge in [0, 0.05) is 10.6 Å². The minimum atomic E-state index is 0.534. The third kappa shape index (κ3) is 2.66. The van der Waals surface area contributed by atoms with Crippen molar-refractivity contribution >= 4 is 51.7 Å². The summed E-state index contributed by atoms with van der Waals surface area (Å²) in [6.07, 6.45) is 0. The van der Waals surface area contributed by atoms with Crippen molar-refractivity contribution in [1.82, 2.24) is 9.97 Å². The van der Waals surface area contributed by atoms with Gasteiger partial charge in [0.1, 0.15) is 0 Å². The van der Waals surface area contributed by atoms with Crippen molar-refractivity contribution in [3.63, 3.8) is 0 Å². The molecule has 0 atom stereocenters. The van der Waals surface area contributed by atoms with Crippen LogP contribution in [0.3, 0.4) is 0 Å². The Morgan fingerprint density at radius 1 is 1.05 bits per heavy atom. The van der Waals surface area contributed by atoms with E-state index in [2.05, 4.69) is 9.97 Å². The second-order valence-corrected chi connectivity index (χ2v) is 5.87. The first-order valence-corrected chi connectivity index (χ1v) is 7.07. The molecule has 3 N–H and O–H groups in total. The number of nitrogens with one attached hydrogen (secondary N) is 1. The lowest BCUT2D eigenvalue weighted by Crippen LogP contribution is -1.82. The number of H-pyrrole nitrogens is 1. The second-order valence-electron chi connectivity index (χ2n) is 4.00. The molecule has 0 aliphatic heterocycles. The second kappa shape index (κ2) is 4.96. The molecule has 0 saturated carbocycles. The number of hydrogen-bond acceptors (Lipinski definition) is 3. The first-order chi connectivity index (χ1) is 9.11. The summed E-state index contributed by atoms with van der Waals surface area (Å²) in [6, 6.07) is 11.1. The Bertz CT molecular complexity index is 755. The van der Waals surface area contributed by atoms with E-state index in [9.17, 15) is 0 Å². The van der Waals surface area contributed by atoms with Gasteiger partial charge in [0.15, 0.2) is 5.16 Å². The number of nitrogens with zero attached hydrogens (tertiary/aromatic N) is 1. The zero-order valence-electron chi connectivity index (χ0n) is 9.65. The number of imidazole rings is 1. The highest BCUT2D eigenvalue weighted by Crippen LogP contribution is 2.32. The molecule has 6 heteroatoms. The minimum absolute atomic E-state index is 0.534. The fourth-order valence-corrected chi connectivity index (χ4v) is 2.91. The zero-order chi connectivity index (χ0) is 13.4. The number of rotatable bonds is 2. The maximum atomic E-state index is 5.99. The maximum absolute atomic E-state index is 5.99. The topological polar surface area (TPSA) is 54.7 Å². The number of fused-ring (bicyclic) bond motifs is 1. The average molecular weight is 310 g/mol. The molecule has 0 unspecified atom stereocenters. The number of aromatic nitrogens is 2. The lowest BCUT2D eigenvalue weighted by Gasteiger charge is -2.00. The Morgan fingerprint density at radius 2 is 1.89 bits per heavy atom. The quantitative estimate of drug-likeness (QED) is 0.680. The van der Waals surface area contributed by atoms with Gasteiger partial charge in [-0.1, -0.05) is 35.0 Å². The summed E-state index contributed by atoms with van der Waals surface area (Å²) >= 11 is 13.4. The van der Waals surface area contributed by atoms with E-state index in [-0.39, 0.29) is 0 Å². The van der Waals surface area contributed by atoms with Gasteiger partial charge in [0.05, 0.1) is 21.1 Å². The SMILES string of the molecule is Nc1ccc2nc(Sc3ccc(Cl)c(Cl)c3)[nH]c2c1. The molecule has 3 aromatic rings. The smallest absolute Gasteiger partial charge is 0.171 e. The van der Waals surface area contributed by atoms with Gasteiger partial charge in [-0.15, -0.1) is 0 Å². The van der Waals surface area contributed by atoms with Gasteiger partial charge < -0.3 is 10.7 Å². The number of halogens is 2. The highest BCUT2D eigenvalue weighted by Gasteiger charge is 2.06. The van der Waals surface area contributed by atoms with Crippen molar-refractivity contribution in [3.8, 4) is 0 Å². The van der Waals surface area contributed by atoms with E-state index in [4.69, 9.17) is 28.9 Å². The summed E-state index contributed by atoms with van der Waals surface area (Å²) < 4.78 is 0. The molecule has 0 bridgehead atoms. The number of hydrogen-bond donors (Lipinski definition) is 2. The molecule has 0 spiro atoms. The largest absolute Gasteiger partial charge is 0.399 e. The van der Waals surface area contributed by atoms with E-state index in [0.29, 0.717) is 15.7 Å². The van der Waals surface area contributed by atoms with E-state index in [0.717, 1.165) is 21.1 Å². The third-order valence-corrected chi connectivity index (χ3v) is 4.21. The molecule has 2 aromatic carbocycles. The molecule has 3 rings (SSSR count). The van der Waals surface area contributed by atoms with Crippen molar-refractivity contribution in [2.24, 2.45) is 0 Å². The summed E-state index contributed by atoms with van der Waals surface area (Å²) in [6.45, 7) is 0. The standard InChI is InChI=1S/C13H9Cl2N3S/c14-9-3-2-8(6-10(9)15)19-13-17-11-4-1-7(16)5-12(11)18-13/h1-6H,16H2,(H,17,18). The van der Waals surface area contributed by atoms with Crippen LogP contribution in [0, 0.1) is 0 Å². The molecule has 0 aliphatic rings. The van der Waals surface area contributed by atoms with Crippen LogP contribution in [0.2, 0.25) is 10.0 Å². The molecule has 1 heterocycles. The van der Waals surface area contributed by atoms with Gasteiger partial charge in [0.2, 0.25) is 0 Å². The van der Waals surface area contributed by atoms with E-state index in [1.165, 1.54) is 11.8 Å². The van der Waals surface area contributed by atoms with Crippen LogP contribution in [0.1, 0.15) is 0 Å². The van der Waals surface area contributed by atoms with Crippen molar-refractivity contribution in [2.75, 3.05) is 5.73 Å². The third-order valence-electron chi connectivity index (χ3n) is 2.59. The molecule has 0 amide bonds. The molecule has 0 fully saturated rings. The molecular formula is C13H9Cl2N3S. The van der Waals surface area contributed by atoms with Gasteiger partial charge in [0.25, 0.3) is 0 Å². The molecule has 0 radical (unpaired) electrons. The van der Waals surface area contributed by atoms with E-state index < -0.39 is 0 Å². The minimum Gasteiger partial charge on any atom is -0.399 e. The van der Waals surface area contributed by atoms with Crippen LogP contribution < -0.4 is 5.73 Å². The van der Waals surface area contributed by atoms with Crippen LogP contribution in [0.5, 0.6) is 0 Å². The number of nitrogen functional groups attached to an aromatic ring is 1. The van der Waals surface area contributed by atoms with Crippen molar-refractivity contribution in [1.29, 1.82) is 0 Å². The van der Waals surface area contributed by atoms with Crippen LogP contribution in [-0.2, 0) is 0 Å². The highest BCUT2D eigenvalue weighted by atomic mass is 35.5. The monoisotopic (exact) mass is 309 g/mol. The molecule has 1 aromatic heterocycles. The first-order valence-electron chi connectivity index (χ1n) is 5.50. The summed E-state index contributed by atoms with van der Waals surface area (Å²) in [7, 11) is 0. The van der Waals surface area contributed by atoms with Crippen molar-refractivity contribution in [3.05, 3.63) is 46.4 Å². The van der Waals surface area contributed by atoms with Gasteiger partial charge in [-0.2, -0.15) is 0 Å². The van der Waals surface area contributed by atoms with Crippen molar-refractivity contribution in [2.45, 2.75) is 10.1 Å². The van der Waals surface area contributed by atoms with Gasteiger partial charge in [-0.05, 0) is 36.4 Å². The Balaban J connectivity index is 1.94. The number of anilines is 1. The van der Waals surface area contributed by atoms with Crippen LogP contribution in [0.25, 0.3) is 11.0 Å². The Hall–Kier alpha value is -1.36. The first kappa shape index (κ1) is 12.7. The number of benzene rings is 2. The molecule has 0 aliphatic carbocycles. The normalized spacial score (nSPS) is 11.1.